The van der Waals surface area contributed by atoms with Gasteiger partial charge in [-0.25, -0.2) is 0 Å². The molecule has 1 heterocycles. The topological polar surface area (TPSA) is 43.2 Å². The Labute approximate surface area is 105 Å². The predicted molar refractivity (Wildman–Crippen MR) is 69.6 cm³/mol. The van der Waals surface area contributed by atoms with Gasteiger partial charge < -0.3 is 9.47 Å². The van der Waals surface area contributed by atoms with E-state index in [0.29, 0.717) is 41.1 Å². The summed E-state index contributed by atoms with van der Waals surface area (Å²) in [5.74, 6) is 1.35. The van der Waals surface area contributed by atoms with Crippen LogP contribution in [0.3, 0.4) is 0 Å². The SMILES string of the molecule is C=Nc1cc2c(cc1/C(Cl)=N\C)OCCCO2. The van der Waals surface area contributed by atoms with Crippen molar-refractivity contribution in [2.24, 2.45) is 9.98 Å². The third-order valence-electron chi connectivity index (χ3n) is 2.45. The molecule has 0 aliphatic carbocycles. The number of aliphatic imine (C=N–C) groups is 2. The molecule has 0 fully saturated rings. The van der Waals surface area contributed by atoms with Crippen LogP contribution in [-0.4, -0.2) is 32.1 Å². The van der Waals surface area contributed by atoms with Gasteiger partial charge in [-0.05, 0) is 12.8 Å². The number of nitrogens with zero attached hydrogens (tertiary/aromatic N) is 2. The molecule has 0 bridgehead atoms. The molecular formula is C12H13ClN2O2. The molecular weight excluding hydrogens is 240 g/mol. The fourth-order valence-corrected chi connectivity index (χ4v) is 1.77. The van der Waals surface area contributed by atoms with Crippen molar-refractivity contribution in [2.75, 3.05) is 20.3 Å². The van der Waals surface area contributed by atoms with Crippen molar-refractivity contribution >= 4 is 29.2 Å². The molecule has 0 aromatic heterocycles. The number of hydrogen-bond acceptors (Lipinski definition) is 4. The Balaban J connectivity index is 2.53. The van der Waals surface area contributed by atoms with E-state index in [2.05, 4.69) is 16.7 Å². The van der Waals surface area contributed by atoms with E-state index in [1.807, 2.05) is 0 Å². The molecule has 17 heavy (non-hydrogen) atoms. The second kappa shape index (κ2) is 5.19. The normalized spacial score (nSPS) is 15.3. The molecule has 0 atom stereocenters. The highest BCUT2D eigenvalue weighted by Crippen LogP contribution is 2.37. The van der Waals surface area contributed by atoms with Crippen molar-refractivity contribution in [1.29, 1.82) is 0 Å². The van der Waals surface area contributed by atoms with Crippen LogP contribution < -0.4 is 9.47 Å². The van der Waals surface area contributed by atoms with Crippen LogP contribution in [0.4, 0.5) is 5.69 Å². The highest BCUT2D eigenvalue weighted by Gasteiger charge is 2.16. The van der Waals surface area contributed by atoms with Crippen LogP contribution in [0.1, 0.15) is 12.0 Å². The molecule has 2 rings (SSSR count). The van der Waals surface area contributed by atoms with Gasteiger partial charge in [0.05, 0.1) is 18.9 Å². The highest BCUT2D eigenvalue weighted by molar-refractivity contribution is 6.70. The second-order valence-electron chi connectivity index (χ2n) is 3.54. The van der Waals surface area contributed by atoms with Gasteiger partial charge >= 0.3 is 0 Å². The zero-order valence-electron chi connectivity index (χ0n) is 9.57. The monoisotopic (exact) mass is 252 g/mol. The molecule has 4 nitrogen and oxygen atoms in total. The molecule has 1 aromatic carbocycles. The lowest BCUT2D eigenvalue weighted by Crippen LogP contribution is -1.97. The third-order valence-corrected chi connectivity index (χ3v) is 2.83. The summed E-state index contributed by atoms with van der Waals surface area (Å²) in [7, 11) is 1.62. The minimum Gasteiger partial charge on any atom is -0.490 e. The lowest BCUT2D eigenvalue weighted by atomic mass is 10.1. The van der Waals surface area contributed by atoms with Gasteiger partial charge in [-0.2, -0.15) is 0 Å². The summed E-state index contributed by atoms with van der Waals surface area (Å²) in [4.78, 5) is 7.87. The van der Waals surface area contributed by atoms with Gasteiger partial charge in [0, 0.05) is 25.1 Å². The summed E-state index contributed by atoms with van der Waals surface area (Å²) in [5, 5.41) is 0.378. The number of rotatable bonds is 2. The summed E-state index contributed by atoms with van der Waals surface area (Å²) >= 11 is 6.02. The first kappa shape index (κ1) is 11.9. The number of fused-ring (bicyclic) bond motifs is 1. The number of halogens is 1. The zero-order chi connectivity index (χ0) is 12.3. The smallest absolute Gasteiger partial charge is 0.163 e. The van der Waals surface area contributed by atoms with Crippen molar-refractivity contribution < 1.29 is 9.47 Å². The number of benzene rings is 1. The van der Waals surface area contributed by atoms with Gasteiger partial charge in [0.25, 0.3) is 0 Å². The van der Waals surface area contributed by atoms with Crippen LogP contribution in [0.15, 0.2) is 22.1 Å². The van der Waals surface area contributed by atoms with Crippen LogP contribution in [0, 0.1) is 0 Å². The predicted octanol–water partition coefficient (Wildman–Crippen LogP) is 2.80. The van der Waals surface area contributed by atoms with E-state index in [1.54, 1.807) is 19.2 Å². The third kappa shape index (κ3) is 2.42. The van der Waals surface area contributed by atoms with E-state index in [-0.39, 0.29) is 0 Å². The van der Waals surface area contributed by atoms with Gasteiger partial charge in [0.2, 0.25) is 0 Å². The molecule has 1 aromatic rings. The van der Waals surface area contributed by atoms with Gasteiger partial charge in [-0.15, -0.1) is 0 Å². The summed E-state index contributed by atoms with van der Waals surface area (Å²) in [6.45, 7) is 4.79. The molecule has 0 unspecified atom stereocenters. The minimum absolute atomic E-state index is 0.378. The summed E-state index contributed by atoms with van der Waals surface area (Å²) in [5.41, 5.74) is 1.35. The van der Waals surface area contributed by atoms with Gasteiger partial charge in [-0.3, -0.25) is 9.98 Å². The minimum atomic E-state index is 0.378. The van der Waals surface area contributed by atoms with Crippen molar-refractivity contribution in [3.8, 4) is 11.5 Å². The van der Waals surface area contributed by atoms with Crippen LogP contribution in [0.2, 0.25) is 0 Å². The van der Waals surface area contributed by atoms with E-state index in [9.17, 15) is 0 Å². The van der Waals surface area contributed by atoms with E-state index in [4.69, 9.17) is 21.1 Å². The Morgan fingerprint density at radius 3 is 2.53 bits per heavy atom. The highest BCUT2D eigenvalue weighted by atomic mass is 35.5. The molecule has 0 N–H and O–H groups in total. The van der Waals surface area contributed by atoms with Crippen molar-refractivity contribution in [2.45, 2.75) is 6.42 Å². The Kier molecular flexibility index (Phi) is 3.64. The van der Waals surface area contributed by atoms with Gasteiger partial charge in [0.15, 0.2) is 11.5 Å². The lowest BCUT2D eigenvalue weighted by molar-refractivity contribution is 0.297. The molecule has 1 aliphatic heterocycles. The van der Waals surface area contributed by atoms with Crippen LogP contribution in [0.25, 0.3) is 0 Å². The Bertz CT molecular complexity index is 472. The van der Waals surface area contributed by atoms with Crippen molar-refractivity contribution in [3.05, 3.63) is 17.7 Å². The largest absolute Gasteiger partial charge is 0.490 e. The fraction of sp³-hybridized carbons (Fsp3) is 0.333. The Morgan fingerprint density at radius 2 is 1.94 bits per heavy atom. The van der Waals surface area contributed by atoms with Crippen molar-refractivity contribution in [1.82, 2.24) is 0 Å². The van der Waals surface area contributed by atoms with E-state index in [0.717, 1.165) is 6.42 Å². The van der Waals surface area contributed by atoms with Crippen LogP contribution >= 0.6 is 11.6 Å². The Morgan fingerprint density at radius 1 is 1.29 bits per heavy atom. The van der Waals surface area contributed by atoms with E-state index in [1.165, 1.54) is 0 Å². The maximum absolute atomic E-state index is 6.02. The maximum Gasteiger partial charge on any atom is 0.163 e. The van der Waals surface area contributed by atoms with Crippen LogP contribution in [0.5, 0.6) is 11.5 Å². The second-order valence-corrected chi connectivity index (χ2v) is 3.90. The molecule has 90 valence electrons. The molecule has 0 spiro atoms. The molecule has 1 aliphatic rings. The van der Waals surface area contributed by atoms with Crippen molar-refractivity contribution in [3.63, 3.8) is 0 Å². The average molecular weight is 253 g/mol. The summed E-state index contributed by atoms with van der Waals surface area (Å²) in [6.07, 6.45) is 0.858. The lowest BCUT2D eigenvalue weighted by Gasteiger charge is -2.11. The van der Waals surface area contributed by atoms with E-state index >= 15 is 0 Å². The number of hydrogen-bond donors (Lipinski definition) is 0. The molecule has 0 radical (unpaired) electrons. The van der Waals surface area contributed by atoms with Gasteiger partial charge in [0.1, 0.15) is 5.17 Å². The molecule has 0 saturated heterocycles. The quantitative estimate of drug-likeness (QED) is 0.760. The van der Waals surface area contributed by atoms with Gasteiger partial charge in [-0.1, -0.05) is 11.6 Å². The summed E-state index contributed by atoms with van der Waals surface area (Å²) in [6, 6.07) is 3.57. The first-order valence-electron chi connectivity index (χ1n) is 5.29. The first-order chi connectivity index (χ1) is 8.26. The zero-order valence-corrected chi connectivity index (χ0v) is 10.3. The first-order valence-corrected chi connectivity index (χ1v) is 5.67. The summed E-state index contributed by atoms with van der Waals surface area (Å²) < 4.78 is 11.1. The standard InChI is InChI=1S/C12H13ClN2O2/c1-14-9-7-11-10(16-4-3-5-17-11)6-8(9)12(13)15-2/h6-7H,1,3-5H2,2H3/b15-12+. The fourth-order valence-electron chi connectivity index (χ4n) is 1.61. The molecule has 0 saturated carbocycles. The number of ether oxygens (including phenoxy) is 2. The molecule has 0 amide bonds. The van der Waals surface area contributed by atoms with E-state index < -0.39 is 0 Å². The van der Waals surface area contributed by atoms with Crippen LogP contribution in [-0.2, 0) is 0 Å². The average Bonchev–Trinajstić information content (AvgIpc) is 2.60. The Hall–Kier alpha value is -1.55. The molecule has 5 heteroatoms. The maximum atomic E-state index is 6.02.